The highest BCUT2D eigenvalue weighted by Gasteiger charge is 2.47. The number of alkyl halides is 3. The van der Waals surface area contributed by atoms with Crippen molar-refractivity contribution in [3.05, 3.63) is 53.1 Å². The van der Waals surface area contributed by atoms with Crippen molar-refractivity contribution in [2.45, 2.75) is 23.2 Å². The van der Waals surface area contributed by atoms with E-state index in [2.05, 4.69) is 0 Å². The number of rotatable bonds is 2. The number of halogens is 5. The van der Waals surface area contributed by atoms with E-state index in [1.807, 2.05) is 0 Å². The van der Waals surface area contributed by atoms with E-state index in [1.54, 1.807) is 6.07 Å². The molecular formula is C17H11F5N2O2S. The van der Waals surface area contributed by atoms with Crippen molar-refractivity contribution in [2.24, 2.45) is 0 Å². The monoisotopic (exact) mass is 402 g/mol. The van der Waals surface area contributed by atoms with Crippen LogP contribution in [-0.2, 0) is 16.3 Å². The van der Waals surface area contributed by atoms with Crippen LogP contribution in [0.2, 0.25) is 0 Å². The van der Waals surface area contributed by atoms with Gasteiger partial charge in [0.15, 0.2) is 0 Å². The highest BCUT2D eigenvalue weighted by atomic mass is 32.2. The van der Waals surface area contributed by atoms with E-state index in [4.69, 9.17) is 0 Å². The Morgan fingerprint density at radius 1 is 1.11 bits per heavy atom. The van der Waals surface area contributed by atoms with Gasteiger partial charge in [-0.2, -0.15) is 18.4 Å². The summed E-state index contributed by atoms with van der Waals surface area (Å²) in [6.07, 6.45) is 0.881. The van der Waals surface area contributed by atoms with Crippen molar-refractivity contribution < 1.29 is 30.4 Å². The van der Waals surface area contributed by atoms with E-state index >= 15 is 0 Å². The van der Waals surface area contributed by atoms with Crippen LogP contribution >= 0.6 is 0 Å². The molecule has 3 rings (SSSR count). The predicted molar refractivity (Wildman–Crippen MR) is 86.1 cm³/mol. The molecule has 0 amide bonds. The van der Waals surface area contributed by atoms with Crippen LogP contribution in [0.5, 0.6) is 0 Å². The van der Waals surface area contributed by atoms with Crippen LogP contribution in [0, 0.1) is 23.0 Å². The topological polar surface area (TPSA) is 61.2 Å². The van der Waals surface area contributed by atoms with E-state index < -0.39 is 31.9 Å². The molecule has 0 radical (unpaired) electrons. The smallest absolute Gasteiger partial charge is 0.338 e. The second-order valence-corrected chi connectivity index (χ2v) is 7.83. The molecule has 0 unspecified atom stereocenters. The molecule has 0 N–H and O–H groups in total. The molecule has 142 valence electrons. The predicted octanol–water partition coefficient (Wildman–Crippen LogP) is 4.21. The fraction of sp³-hybridized carbons (Fsp3) is 0.235. The van der Waals surface area contributed by atoms with Crippen LogP contribution in [0.4, 0.5) is 33.3 Å². The summed E-state index contributed by atoms with van der Waals surface area (Å²) in [5.74, 6) is -1.64. The lowest BCUT2D eigenvalue weighted by Gasteiger charge is -2.32. The summed E-state index contributed by atoms with van der Waals surface area (Å²) >= 11 is 0. The zero-order chi connectivity index (χ0) is 20.0. The third kappa shape index (κ3) is 3.23. The summed E-state index contributed by atoms with van der Waals surface area (Å²) in [7, 11) is -5.62. The molecule has 2 aromatic carbocycles. The molecule has 0 saturated carbocycles. The number of sulfone groups is 1. The van der Waals surface area contributed by atoms with Crippen LogP contribution in [-0.4, -0.2) is 20.5 Å². The first-order valence-electron chi connectivity index (χ1n) is 7.67. The Kier molecular flexibility index (Phi) is 4.59. The van der Waals surface area contributed by atoms with Gasteiger partial charge in [0.25, 0.3) is 9.84 Å². The number of fused-ring (bicyclic) bond motifs is 1. The standard InChI is InChI=1S/C17H11F5N2O2S/c18-12-6-10-2-1-5-24(16(10)14(19)8-12)15-4-3-13(7-11(15)9-23)27(25,26)17(20,21)22/h3-4,6-8H,1-2,5H2. The van der Waals surface area contributed by atoms with Crippen molar-refractivity contribution in [1.82, 2.24) is 0 Å². The minimum absolute atomic E-state index is 0.0191. The minimum atomic E-state index is -5.62. The Bertz CT molecular complexity index is 1060. The van der Waals surface area contributed by atoms with Gasteiger partial charge in [0, 0.05) is 12.6 Å². The summed E-state index contributed by atoms with van der Waals surface area (Å²) in [6, 6.07) is 5.82. The zero-order valence-corrected chi connectivity index (χ0v) is 14.3. The number of benzene rings is 2. The number of nitrogens with zero attached hydrogens (tertiary/aromatic N) is 2. The lowest BCUT2D eigenvalue weighted by atomic mass is 9.99. The van der Waals surface area contributed by atoms with Gasteiger partial charge in [-0.1, -0.05) is 0 Å². The number of nitriles is 1. The minimum Gasteiger partial charge on any atom is -0.338 e. The second-order valence-electron chi connectivity index (χ2n) is 5.89. The average molecular weight is 402 g/mol. The molecule has 0 fully saturated rings. The van der Waals surface area contributed by atoms with Crippen molar-refractivity contribution in [1.29, 1.82) is 5.26 Å². The largest absolute Gasteiger partial charge is 0.501 e. The van der Waals surface area contributed by atoms with Gasteiger partial charge in [-0.25, -0.2) is 17.2 Å². The number of aryl methyl sites for hydroxylation is 1. The maximum Gasteiger partial charge on any atom is 0.501 e. The molecule has 1 aliphatic rings. The average Bonchev–Trinajstić information content (AvgIpc) is 2.59. The van der Waals surface area contributed by atoms with Crippen molar-refractivity contribution in [3.63, 3.8) is 0 Å². The molecule has 0 aromatic heterocycles. The molecule has 0 atom stereocenters. The van der Waals surface area contributed by atoms with Gasteiger partial charge < -0.3 is 4.90 Å². The SMILES string of the molecule is N#Cc1cc(S(=O)(=O)C(F)(F)F)ccc1N1CCCc2cc(F)cc(F)c21. The molecule has 4 nitrogen and oxygen atoms in total. The molecule has 1 heterocycles. The van der Waals surface area contributed by atoms with Gasteiger partial charge >= 0.3 is 5.51 Å². The quantitative estimate of drug-likeness (QED) is 0.706. The third-order valence-corrected chi connectivity index (χ3v) is 5.68. The number of anilines is 2. The van der Waals surface area contributed by atoms with E-state index in [1.165, 1.54) is 4.90 Å². The molecule has 0 saturated heterocycles. The maximum absolute atomic E-state index is 14.3. The van der Waals surface area contributed by atoms with E-state index in [9.17, 15) is 35.6 Å². The normalized spacial score (nSPS) is 14.6. The van der Waals surface area contributed by atoms with Crippen molar-refractivity contribution in [2.75, 3.05) is 11.4 Å². The Balaban J connectivity index is 2.15. The Hall–Kier alpha value is -2.67. The van der Waals surface area contributed by atoms with Crippen LogP contribution < -0.4 is 4.90 Å². The Morgan fingerprint density at radius 2 is 1.81 bits per heavy atom. The lowest BCUT2D eigenvalue weighted by Crippen LogP contribution is -2.27. The molecule has 0 aliphatic carbocycles. The first-order chi connectivity index (χ1) is 12.6. The molecule has 2 aromatic rings. The van der Waals surface area contributed by atoms with Crippen LogP contribution in [0.3, 0.4) is 0 Å². The summed E-state index contributed by atoms with van der Waals surface area (Å²) in [5.41, 5.74) is -5.45. The van der Waals surface area contributed by atoms with Gasteiger partial charge in [-0.15, -0.1) is 0 Å². The van der Waals surface area contributed by atoms with Crippen molar-refractivity contribution in [3.8, 4) is 6.07 Å². The van der Waals surface area contributed by atoms with Crippen LogP contribution in [0.1, 0.15) is 17.5 Å². The zero-order valence-electron chi connectivity index (χ0n) is 13.5. The number of hydrogen-bond acceptors (Lipinski definition) is 4. The highest BCUT2D eigenvalue weighted by molar-refractivity contribution is 7.92. The Labute approximate surface area is 151 Å². The fourth-order valence-corrected chi connectivity index (χ4v) is 3.82. The summed E-state index contributed by atoms with van der Waals surface area (Å²) in [4.78, 5) is 0.267. The lowest BCUT2D eigenvalue weighted by molar-refractivity contribution is -0.0436. The molecular weight excluding hydrogens is 391 g/mol. The fourth-order valence-electron chi connectivity index (χ4n) is 3.03. The third-order valence-electron chi connectivity index (χ3n) is 4.20. The van der Waals surface area contributed by atoms with E-state index in [0.717, 1.165) is 12.1 Å². The van der Waals surface area contributed by atoms with E-state index in [0.29, 0.717) is 36.6 Å². The molecule has 1 aliphatic heterocycles. The molecule has 0 spiro atoms. The highest BCUT2D eigenvalue weighted by Crippen LogP contribution is 2.39. The summed E-state index contributed by atoms with van der Waals surface area (Å²) < 4.78 is 89.1. The summed E-state index contributed by atoms with van der Waals surface area (Å²) in [6.45, 7) is 0.232. The second kappa shape index (κ2) is 6.49. The van der Waals surface area contributed by atoms with Gasteiger partial charge in [0.1, 0.15) is 17.7 Å². The maximum atomic E-state index is 14.3. The first-order valence-corrected chi connectivity index (χ1v) is 9.15. The number of hydrogen-bond donors (Lipinski definition) is 0. The Morgan fingerprint density at radius 3 is 2.44 bits per heavy atom. The van der Waals surface area contributed by atoms with Gasteiger partial charge in [0.2, 0.25) is 0 Å². The van der Waals surface area contributed by atoms with Gasteiger partial charge in [-0.3, -0.25) is 0 Å². The van der Waals surface area contributed by atoms with Crippen LogP contribution in [0.15, 0.2) is 35.2 Å². The molecule has 27 heavy (non-hydrogen) atoms. The first kappa shape index (κ1) is 19.1. The van der Waals surface area contributed by atoms with E-state index in [-0.39, 0.29) is 23.5 Å². The van der Waals surface area contributed by atoms with Crippen LogP contribution in [0.25, 0.3) is 0 Å². The van der Waals surface area contributed by atoms with Gasteiger partial charge in [-0.05, 0) is 42.7 Å². The van der Waals surface area contributed by atoms with Gasteiger partial charge in [0.05, 0.1) is 21.8 Å². The molecule has 0 bridgehead atoms. The molecule has 10 heteroatoms. The van der Waals surface area contributed by atoms with Crippen molar-refractivity contribution >= 4 is 21.2 Å². The summed E-state index contributed by atoms with van der Waals surface area (Å²) in [5, 5.41) is 9.30.